The van der Waals surface area contributed by atoms with Crippen molar-refractivity contribution in [3.05, 3.63) is 57.8 Å². The van der Waals surface area contributed by atoms with Gasteiger partial charge in [-0.25, -0.2) is 9.78 Å². The number of hydrogen-bond donors (Lipinski definition) is 2. The van der Waals surface area contributed by atoms with Crippen LogP contribution in [-0.4, -0.2) is 28.9 Å². The first-order chi connectivity index (χ1) is 14.7. The van der Waals surface area contributed by atoms with Gasteiger partial charge in [0.15, 0.2) is 0 Å². The second-order valence-corrected chi connectivity index (χ2v) is 7.53. The van der Waals surface area contributed by atoms with Crippen molar-refractivity contribution in [3.8, 4) is 11.8 Å². The van der Waals surface area contributed by atoms with Gasteiger partial charge in [-0.05, 0) is 24.5 Å². The first-order valence-electron chi connectivity index (χ1n) is 9.58. The molecule has 2 N–H and O–H groups in total. The van der Waals surface area contributed by atoms with Crippen molar-refractivity contribution in [2.24, 2.45) is 5.92 Å². The zero-order valence-electron chi connectivity index (χ0n) is 16.5. The average molecular weight is 432 g/mol. The molecule has 0 saturated heterocycles. The number of urea groups is 1. The van der Waals surface area contributed by atoms with Crippen LogP contribution >= 0.6 is 0 Å². The van der Waals surface area contributed by atoms with Crippen LogP contribution in [0.2, 0.25) is 0 Å². The van der Waals surface area contributed by atoms with Gasteiger partial charge >= 0.3 is 12.2 Å². The summed E-state index contributed by atoms with van der Waals surface area (Å²) in [4.78, 5) is 28.5. The molecule has 2 aromatic rings. The summed E-state index contributed by atoms with van der Waals surface area (Å²) in [7, 11) is 1.49. The molecule has 2 heterocycles. The van der Waals surface area contributed by atoms with E-state index >= 15 is 0 Å². The second kappa shape index (κ2) is 7.74. The monoisotopic (exact) mass is 432 g/mol. The molecule has 162 valence electrons. The molecule has 2 aliphatic rings. The molecule has 1 aliphatic heterocycles. The van der Waals surface area contributed by atoms with Crippen LogP contribution in [0.25, 0.3) is 0 Å². The molecule has 1 aromatic heterocycles. The Hall–Kier alpha value is -3.32. The standard InChI is InChI=1S/C21H19F3N4O3/c1-31-11-15-9-18(29)28(12-25-15)10-14-4-5-16-17(8-14)26-19(30)27-20(16,21(22,23)24)7-6-13-2-3-13/h4-5,8-9,12-13H,2-3,10-11H2,1H3,(H2,26,27,30)/t20-/m0/s1. The number of nitrogens with one attached hydrogen (secondary N) is 2. The topological polar surface area (TPSA) is 85.2 Å². The number of carbonyl (C=O) groups excluding carboxylic acids is 1. The molecule has 31 heavy (non-hydrogen) atoms. The minimum absolute atomic E-state index is 0.000633. The summed E-state index contributed by atoms with van der Waals surface area (Å²) in [5.74, 6) is 4.86. The minimum atomic E-state index is -4.82. The van der Waals surface area contributed by atoms with Gasteiger partial charge in [0.1, 0.15) is 0 Å². The molecule has 7 nitrogen and oxygen atoms in total. The van der Waals surface area contributed by atoms with Crippen molar-refractivity contribution in [2.45, 2.75) is 37.7 Å². The average Bonchev–Trinajstić information content (AvgIpc) is 3.52. The Kier molecular flexibility index (Phi) is 5.23. The lowest BCUT2D eigenvalue weighted by Gasteiger charge is -2.37. The number of aromatic nitrogens is 2. The maximum absolute atomic E-state index is 14.1. The third kappa shape index (κ3) is 4.14. The Bertz CT molecular complexity index is 1150. The highest BCUT2D eigenvalue weighted by atomic mass is 19.4. The fourth-order valence-corrected chi connectivity index (χ4v) is 3.35. The van der Waals surface area contributed by atoms with E-state index in [2.05, 4.69) is 22.1 Å². The normalized spacial score (nSPS) is 20.2. The molecule has 1 aliphatic carbocycles. The molecule has 1 aromatic carbocycles. The van der Waals surface area contributed by atoms with Gasteiger partial charge in [0.25, 0.3) is 5.56 Å². The third-order valence-corrected chi connectivity index (χ3v) is 5.08. The predicted octanol–water partition coefficient (Wildman–Crippen LogP) is 2.74. The highest BCUT2D eigenvalue weighted by Gasteiger charge is 2.59. The first kappa shape index (κ1) is 20.9. The van der Waals surface area contributed by atoms with Crippen LogP contribution in [0.1, 0.15) is 29.7 Å². The molecule has 1 fully saturated rings. The molecule has 1 atom stereocenters. The fourth-order valence-electron chi connectivity index (χ4n) is 3.35. The lowest BCUT2D eigenvalue weighted by Crippen LogP contribution is -2.59. The Morgan fingerprint density at radius 1 is 1.29 bits per heavy atom. The van der Waals surface area contributed by atoms with Crippen molar-refractivity contribution in [2.75, 3.05) is 12.4 Å². The van der Waals surface area contributed by atoms with Gasteiger partial charge < -0.3 is 15.4 Å². The Labute approximate surface area is 175 Å². The summed E-state index contributed by atoms with van der Waals surface area (Å²) >= 11 is 0. The van der Waals surface area contributed by atoms with Gasteiger partial charge in [-0.1, -0.05) is 24.0 Å². The molecular weight excluding hydrogens is 413 g/mol. The van der Waals surface area contributed by atoms with Gasteiger partial charge in [-0.3, -0.25) is 9.36 Å². The van der Waals surface area contributed by atoms with Gasteiger partial charge in [0.05, 0.1) is 25.2 Å². The number of carbonyl (C=O) groups is 1. The van der Waals surface area contributed by atoms with E-state index < -0.39 is 17.7 Å². The Balaban J connectivity index is 1.71. The smallest absolute Gasteiger partial charge is 0.378 e. The molecule has 1 saturated carbocycles. The zero-order valence-corrected chi connectivity index (χ0v) is 16.5. The largest absolute Gasteiger partial charge is 0.427 e. The number of halogens is 3. The SMILES string of the molecule is COCc1cc(=O)n(Cc2ccc3c(c2)NC(=O)N[C@]3(C#CC2CC2)C(F)(F)F)cn1. The number of hydrogen-bond acceptors (Lipinski definition) is 4. The number of amides is 2. The number of benzene rings is 1. The van der Waals surface area contributed by atoms with Crippen molar-refractivity contribution in [1.29, 1.82) is 0 Å². The lowest BCUT2D eigenvalue weighted by molar-refractivity contribution is -0.178. The lowest BCUT2D eigenvalue weighted by atomic mass is 9.85. The van der Waals surface area contributed by atoms with Crippen molar-refractivity contribution in [1.82, 2.24) is 14.9 Å². The maximum Gasteiger partial charge on any atom is 0.427 e. The van der Waals surface area contributed by atoms with Crippen molar-refractivity contribution < 1.29 is 22.7 Å². The van der Waals surface area contributed by atoms with E-state index in [-0.39, 0.29) is 35.9 Å². The number of methoxy groups -OCH3 is 1. The summed E-state index contributed by atoms with van der Waals surface area (Å²) in [6.45, 7) is 0.262. The summed E-state index contributed by atoms with van der Waals surface area (Å²) < 4.78 is 48.6. The molecule has 0 radical (unpaired) electrons. The Morgan fingerprint density at radius 3 is 2.71 bits per heavy atom. The minimum Gasteiger partial charge on any atom is -0.378 e. The van der Waals surface area contributed by atoms with E-state index in [0.29, 0.717) is 11.3 Å². The maximum atomic E-state index is 14.1. The van der Waals surface area contributed by atoms with Crippen LogP contribution in [0.5, 0.6) is 0 Å². The van der Waals surface area contributed by atoms with E-state index in [1.54, 1.807) is 0 Å². The summed E-state index contributed by atoms with van der Waals surface area (Å²) in [6.07, 6.45) is -1.96. The highest BCUT2D eigenvalue weighted by Crippen LogP contribution is 2.44. The predicted molar refractivity (Wildman–Crippen MR) is 105 cm³/mol. The zero-order chi connectivity index (χ0) is 22.2. The number of fused-ring (bicyclic) bond motifs is 1. The summed E-state index contributed by atoms with van der Waals surface area (Å²) in [5, 5.41) is 4.40. The summed E-state index contributed by atoms with van der Waals surface area (Å²) in [5.41, 5.74) is -2.30. The van der Waals surface area contributed by atoms with Crippen LogP contribution in [0.4, 0.5) is 23.7 Å². The van der Waals surface area contributed by atoms with E-state index in [1.807, 2.05) is 5.32 Å². The van der Waals surface area contributed by atoms with Crippen LogP contribution < -0.4 is 16.2 Å². The molecule has 0 unspecified atom stereocenters. The molecule has 0 bridgehead atoms. The molecule has 10 heteroatoms. The van der Waals surface area contributed by atoms with Gasteiger partial charge in [-0.2, -0.15) is 13.2 Å². The van der Waals surface area contributed by atoms with Crippen LogP contribution in [0.3, 0.4) is 0 Å². The quantitative estimate of drug-likeness (QED) is 0.728. The number of alkyl halides is 3. The van der Waals surface area contributed by atoms with E-state index in [9.17, 15) is 22.8 Å². The van der Waals surface area contributed by atoms with Crippen LogP contribution in [-0.2, 0) is 23.4 Å². The second-order valence-electron chi connectivity index (χ2n) is 7.53. The number of ether oxygens (including phenoxy) is 1. The van der Waals surface area contributed by atoms with Crippen molar-refractivity contribution in [3.63, 3.8) is 0 Å². The summed E-state index contributed by atoms with van der Waals surface area (Å²) in [6, 6.07) is 4.52. The van der Waals surface area contributed by atoms with Gasteiger partial charge in [-0.15, -0.1) is 0 Å². The van der Waals surface area contributed by atoms with E-state index in [4.69, 9.17) is 4.74 Å². The number of anilines is 1. The van der Waals surface area contributed by atoms with Crippen molar-refractivity contribution >= 4 is 11.7 Å². The molecule has 0 spiro atoms. The highest BCUT2D eigenvalue weighted by molar-refractivity contribution is 5.95. The first-order valence-corrected chi connectivity index (χ1v) is 9.58. The fraction of sp³-hybridized carbons (Fsp3) is 0.381. The molecular formula is C21H19F3N4O3. The van der Waals surface area contributed by atoms with Gasteiger partial charge in [0, 0.05) is 30.3 Å². The van der Waals surface area contributed by atoms with E-state index in [1.165, 1.54) is 42.3 Å². The third-order valence-electron chi connectivity index (χ3n) is 5.08. The van der Waals surface area contributed by atoms with Crippen LogP contribution in [0, 0.1) is 17.8 Å². The molecule has 2 amide bonds. The number of rotatable bonds is 4. The molecule has 4 rings (SSSR count). The van der Waals surface area contributed by atoms with E-state index in [0.717, 1.165) is 12.8 Å². The number of nitrogens with zero attached hydrogens (tertiary/aromatic N) is 2. The van der Waals surface area contributed by atoms with Crippen LogP contribution in [0.15, 0.2) is 35.4 Å². The van der Waals surface area contributed by atoms with Gasteiger partial charge in [0.2, 0.25) is 5.54 Å². The Morgan fingerprint density at radius 2 is 2.06 bits per heavy atom.